The van der Waals surface area contributed by atoms with E-state index in [0.29, 0.717) is 18.3 Å². The van der Waals surface area contributed by atoms with E-state index >= 15 is 0 Å². The van der Waals surface area contributed by atoms with Crippen molar-refractivity contribution >= 4 is 17.3 Å². The first-order valence-electron chi connectivity index (χ1n) is 10.2. The van der Waals surface area contributed by atoms with E-state index in [-0.39, 0.29) is 5.91 Å². The van der Waals surface area contributed by atoms with Crippen LogP contribution in [0.5, 0.6) is 0 Å². The van der Waals surface area contributed by atoms with Crippen LogP contribution in [-0.2, 0) is 4.79 Å². The van der Waals surface area contributed by atoms with Gasteiger partial charge in [-0.2, -0.15) is 0 Å². The molecule has 0 radical (unpaired) electrons. The van der Waals surface area contributed by atoms with Gasteiger partial charge in [-0.25, -0.2) is 0 Å². The van der Waals surface area contributed by atoms with Crippen LogP contribution in [0.25, 0.3) is 0 Å². The molecule has 1 amide bonds. The van der Waals surface area contributed by atoms with E-state index in [9.17, 15) is 4.79 Å². The minimum atomic E-state index is 0.141. The van der Waals surface area contributed by atoms with E-state index in [2.05, 4.69) is 46.4 Å². The van der Waals surface area contributed by atoms with Gasteiger partial charge in [0.1, 0.15) is 0 Å². The van der Waals surface area contributed by atoms with Crippen molar-refractivity contribution in [3.05, 3.63) is 24.3 Å². The van der Waals surface area contributed by atoms with Crippen molar-refractivity contribution in [1.29, 1.82) is 0 Å². The average Bonchev–Trinajstić information content (AvgIpc) is 2.69. The third-order valence-corrected chi connectivity index (χ3v) is 5.99. The molecule has 1 aromatic carbocycles. The Morgan fingerprint density at radius 3 is 2.73 bits per heavy atom. The molecule has 0 spiro atoms. The number of rotatable bonds is 6. The van der Waals surface area contributed by atoms with Crippen molar-refractivity contribution in [2.24, 2.45) is 11.8 Å². The van der Waals surface area contributed by atoms with Crippen LogP contribution < -0.4 is 15.5 Å². The molecule has 2 aliphatic heterocycles. The fraction of sp³-hybridized carbons (Fsp3) is 0.667. The van der Waals surface area contributed by atoms with Gasteiger partial charge in [0.25, 0.3) is 0 Å². The molecule has 0 saturated carbocycles. The van der Waals surface area contributed by atoms with Gasteiger partial charge in [-0.1, -0.05) is 26.0 Å². The number of anilines is 2. The summed E-state index contributed by atoms with van der Waals surface area (Å²) in [6.07, 6.45) is 3.06. The highest BCUT2D eigenvalue weighted by Crippen LogP contribution is 2.28. The first-order chi connectivity index (χ1) is 12.7. The first-order valence-corrected chi connectivity index (χ1v) is 10.2. The summed E-state index contributed by atoms with van der Waals surface area (Å²) < 4.78 is 0. The van der Waals surface area contributed by atoms with Gasteiger partial charge < -0.3 is 20.4 Å². The Morgan fingerprint density at radius 1 is 1.27 bits per heavy atom. The average molecular weight is 359 g/mol. The van der Waals surface area contributed by atoms with Gasteiger partial charge in [0, 0.05) is 32.6 Å². The normalized spacial score (nSPS) is 22.8. The summed E-state index contributed by atoms with van der Waals surface area (Å²) >= 11 is 0. The zero-order valence-corrected chi connectivity index (χ0v) is 16.3. The molecule has 1 aromatic rings. The molecule has 2 aliphatic rings. The number of para-hydroxylation sites is 2. The molecule has 5 heteroatoms. The highest BCUT2D eigenvalue weighted by molar-refractivity contribution is 5.94. The van der Waals surface area contributed by atoms with E-state index in [1.165, 1.54) is 12.8 Å². The van der Waals surface area contributed by atoms with E-state index in [1.807, 2.05) is 12.1 Å². The van der Waals surface area contributed by atoms with Crippen molar-refractivity contribution in [2.45, 2.75) is 33.1 Å². The second kappa shape index (κ2) is 9.38. The molecule has 3 rings (SSSR count). The van der Waals surface area contributed by atoms with Gasteiger partial charge in [0.05, 0.1) is 11.4 Å². The molecule has 144 valence electrons. The molecule has 0 aromatic heterocycles. The molecule has 0 aliphatic carbocycles. The second-order valence-corrected chi connectivity index (χ2v) is 7.77. The van der Waals surface area contributed by atoms with Crippen LogP contribution in [0, 0.1) is 11.8 Å². The highest BCUT2D eigenvalue weighted by atomic mass is 16.1. The largest absolute Gasteiger partial charge is 0.367 e. The summed E-state index contributed by atoms with van der Waals surface area (Å²) in [5.41, 5.74) is 2.11. The summed E-state index contributed by atoms with van der Waals surface area (Å²) in [5.74, 6) is 1.18. The van der Waals surface area contributed by atoms with Gasteiger partial charge in [0.2, 0.25) is 5.91 Å². The third-order valence-electron chi connectivity index (χ3n) is 5.99. The molecule has 26 heavy (non-hydrogen) atoms. The monoisotopic (exact) mass is 358 g/mol. The maximum absolute atomic E-state index is 12.6. The predicted octanol–water partition coefficient (Wildman–Crippen LogP) is 2.79. The molecule has 2 fully saturated rings. The molecule has 2 unspecified atom stereocenters. The van der Waals surface area contributed by atoms with Crippen LogP contribution in [0.4, 0.5) is 11.4 Å². The number of likely N-dealkylation sites (N-methyl/N-ethyl adjacent to an activating group) is 1. The molecule has 2 saturated heterocycles. The number of piperazine rings is 1. The van der Waals surface area contributed by atoms with E-state index in [0.717, 1.165) is 57.2 Å². The minimum Gasteiger partial charge on any atom is -0.367 e. The number of amides is 1. The van der Waals surface area contributed by atoms with E-state index in [1.54, 1.807) is 0 Å². The maximum atomic E-state index is 12.6. The molecular formula is C21H34N4O. The van der Waals surface area contributed by atoms with E-state index in [4.69, 9.17) is 0 Å². The van der Waals surface area contributed by atoms with Gasteiger partial charge in [-0.3, -0.25) is 4.79 Å². The summed E-state index contributed by atoms with van der Waals surface area (Å²) in [6, 6.07) is 8.24. The zero-order chi connectivity index (χ0) is 18.4. The van der Waals surface area contributed by atoms with Crippen LogP contribution in [-0.4, -0.2) is 56.6 Å². The number of nitrogens with zero attached hydrogens (tertiary/aromatic N) is 2. The van der Waals surface area contributed by atoms with Crippen molar-refractivity contribution in [3.63, 3.8) is 0 Å². The molecular weight excluding hydrogens is 324 g/mol. The lowest BCUT2D eigenvalue weighted by Crippen LogP contribution is -2.46. The lowest BCUT2D eigenvalue weighted by molar-refractivity contribution is -0.117. The number of hydrogen-bond donors (Lipinski definition) is 2. The Balaban J connectivity index is 1.58. The number of nitrogens with one attached hydrogen (secondary N) is 2. The van der Waals surface area contributed by atoms with Gasteiger partial charge >= 0.3 is 0 Å². The second-order valence-electron chi connectivity index (χ2n) is 7.77. The van der Waals surface area contributed by atoms with Crippen LogP contribution in [0.1, 0.15) is 33.1 Å². The fourth-order valence-corrected chi connectivity index (χ4v) is 4.18. The molecule has 5 nitrogen and oxygen atoms in total. The summed E-state index contributed by atoms with van der Waals surface area (Å²) in [7, 11) is 0. The Hall–Kier alpha value is -1.59. The maximum Gasteiger partial charge on any atom is 0.224 e. The van der Waals surface area contributed by atoms with Gasteiger partial charge in [-0.15, -0.1) is 0 Å². The number of piperidine rings is 1. The van der Waals surface area contributed by atoms with Crippen LogP contribution in [0.3, 0.4) is 0 Å². The SMILES string of the molecule is CCN1CCN(c2ccccc2NC(=O)CC(C)C2CCCNC2)CC1. The Kier molecular flexibility index (Phi) is 6.92. The quantitative estimate of drug-likeness (QED) is 0.821. The van der Waals surface area contributed by atoms with E-state index < -0.39 is 0 Å². The molecule has 2 atom stereocenters. The Morgan fingerprint density at radius 2 is 2.04 bits per heavy atom. The Labute approximate surface area is 158 Å². The zero-order valence-electron chi connectivity index (χ0n) is 16.3. The number of carbonyl (C=O) groups excluding carboxylic acids is 1. The van der Waals surface area contributed by atoms with Crippen molar-refractivity contribution in [1.82, 2.24) is 10.2 Å². The highest BCUT2D eigenvalue weighted by Gasteiger charge is 2.23. The summed E-state index contributed by atoms with van der Waals surface area (Å²) in [6.45, 7) is 11.9. The minimum absolute atomic E-state index is 0.141. The molecule has 2 heterocycles. The lowest BCUT2D eigenvalue weighted by Gasteiger charge is -2.36. The van der Waals surface area contributed by atoms with Crippen LogP contribution >= 0.6 is 0 Å². The van der Waals surface area contributed by atoms with Crippen LogP contribution in [0.15, 0.2) is 24.3 Å². The van der Waals surface area contributed by atoms with Gasteiger partial charge in [0.15, 0.2) is 0 Å². The lowest BCUT2D eigenvalue weighted by atomic mass is 9.85. The van der Waals surface area contributed by atoms with Crippen LogP contribution in [0.2, 0.25) is 0 Å². The van der Waals surface area contributed by atoms with Crippen molar-refractivity contribution < 1.29 is 4.79 Å². The number of benzene rings is 1. The smallest absolute Gasteiger partial charge is 0.224 e. The topological polar surface area (TPSA) is 47.6 Å². The number of carbonyl (C=O) groups is 1. The fourth-order valence-electron chi connectivity index (χ4n) is 4.18. The number of hydrogen-bond acceptors (Lipinski definition) is 4. The summed E-state index contributed by atoms with van der Waals surface area (Å²) in [4.78, 5) is 17.5. The van der Waals surface area contributed by atoms with Crippen molar-refractivity contribution in [3.8, 4) is 0 Å². The third kappa shape index (κ3) is 4.98. The molecule has 0 bridgehead atoms. The standard InChI is InChI=1S/C21H34N4O/c1-3-24-11-13-25(14-12-24)20-9-5-4-8-19(20)23-21(26)15-17(2)18-7-6-10-22-16-18/h4-5,8-9,17-18,22H,3,6-7,10-16H2,1-2H3,(H,23,26). The van der Waals surface area contributed by atoms with Crippen molar-refractivity contribution in [2.75, 3.05) is 56.0 Å². The first kappa shape index (κ1) is 19.2. The Bertz CT molecular complexity index is 577. The van der Waals surface area contributed by atoms with Gasteiger partial charge in [-0.05, 0) is 56.4 Å². The predicted molar refractivity (Wildman–Crippen MR) is 109 cm³/mol. The molecule has 2 N–H and O–H groups in total. The summed E-state index contributed by atoms with van der Waals surface area (Å²) in [5, 5.41) is 6.65.